The summed E-state index contributed by atoms with van der Waals surface area (Å²) >= 11 is 6.56. The number of rotatable bonds is 10. The number of fused-ring (bicyclic) bond motifs is 1. The third kappa shape index (κ3) is 6.85. The van der Waals surface area contributed by atoms with E-state index in [1.807, 2.05) is 69.3 Å². The van der Waals surface area contributed by atoms with Crippen molar-refractivity contribution in [3.8, 4) is 11.5 Å². The van der Waals surface area contributed by atoms with Gasteiger partial charge in [0.2, 0.25) is 0 Å². The van der Waals surface area contributed by atoms with Crippen molar-refractivity contribution in [1.82, 2.24) is 9.88 Å². The van der Waals surface area contributed by atoms with Gasteiger partial charge in [-0.25, -0.2) is 4.79 Å². The third-order valence-electron chi connectivity index (χ3n) is 7.17. The van der Waals surface area contributed by atoms with Crippen LogP contribution in [0.1, 0.15) is 66.5 Å². The smallest absolute Gasteiger partial charge is 0.346 e. The summed E-state index contributed by atoms with van der Waals surface area (Å²) in [6.07, 6.45) is -0.667. The predicted octanol–water partition coefficient (Wildman–Crippen LogP) is 7.18. The maximum atomic E-state index is 13.3. The van der Waals surface area contributed by atoms with Crippen LogP contribution in [0.3, 0.4) is 0 Å². The van der Waals surface area contributed by atoms with E-state index in [2.05, 4.69) is 23.7 Å². The van der Waals surface area contributed by atoms with Gasteiger partial charge in [-0.05, 0) is 107 Å². The van der Waals surface area contributed by atoms with Crippen molar-refractivity contribution in [1.29, 1.82) is 0 Å². The van der Waals surface area contributed by atoms with E-state index in [0.29, 0.717) is 22.9 Å². The second-order valence-corrected chi connectivity index (χ2v) is 10.9. The fraction of sp³-hybridized carbons (Fsp3) is 0.333. The van der Waals surface area contributed by atoms with E-state index in [-0.39, 0.29) is 18.1 Å². The fourth-order valence-corrected chi connectivity index (χ4v) is 5.00. The number of benzene rings is 3. The molecule has 0 spiro atoms. The Morgan fingerprint density at radius 1 is 0.927 bits per heavy atom. The van der Waals surface area contributed by atoms with Crippen LogP contribution in [0.4, 0.5) is 0 Å². The van der Waals surface area contributed by atoms with Crippen molar-refractivity contribution >= 4 is 34.4 Å². The molecule has 0 saturated heterocycles. The lowest BCUT2D eigenvalue weighted by Gasteiger charge is -2.17. The first-order chi connectivity index (χ1) is 19.5. The molecule has 0 aliphatic rings. The summed E-state index contributed by atoms with van der Waals surface area (Å²) in [6.45, 7) is 12.2. The quantitative estimate of drug-likeness (QED) is 0.202. The molecule has 0 radical (unpaired) electrons. The Morgan fingerprint density at radius 3 is 2.37 bits per heavy atom. The first-order valence-electron chi connectivity index (χ1n) is 13.7. The molecule has 0 saturated carbocycles. The monoisotopic (exact) mass is 576 g/mol. The molecule has 0 aliphatic carbocycles. The molecule has 1 aromatic heterocycles. The first-order valence-corrected chi connectivity index (χ1v) is 14.1. The van der Waals surface area contributed by atoms with Gasteiger partial charge < -0.3 is 24.1 Å². The van der Waals surface area contributed by atoms with Crippen LogP contribution in [-0.4, -0.2) is 35.8 Å². The van der Waals surface area contributed by atoms with Crippen molar-refractivity contribution < 1.29 is 23.8 Å². The zero-order valence-corrected chi connectivity index (χ0v) is 25.3. The SMILES string of the molecule is COC(=O)C(C)Oc1ccc(Cl)c(Cn2c(C)c(C)c3cc(C(=O)N[C@@H](C)c4cccc(OC(C)C)c4)ccc32)c1. The van der Waals surface area contributed by atoms with Crippen LogP contribution in [0, 0.1) is 13.8 Å². The molecule has 1 heterocycles. The summed E-state index contributed by atoms with van der Waals surface area (Å²) in [4.78, 5) is 25.1. The molecule has 4 aromatic rings. The molecule has 1 N–H and O–H groups in total. The maximum Gasteiger partial charge on any atom is 0.346 e. The summed E-state index contributed by atoms with van der Waals surface area (Å²) in [5, 5.41) is 4.70. The summed E-state index contributed by atoms with van der Waals surface area (Å²) in [5.41, 5.74) is 5.56. The standard InChI is InChI=1S/C33H37ClN2O5/c1-19(2)40-27-10-8-9-24(15-27)21(4)35-32(37)25-11-14-31-29(17-25)20(3)22(5)36(31)18-26-16-28(12-13-30(26)34)41-23(6)33(38)39-7/h8-17,19,21,23H,18H2,1-7H3,(H,35,37)/t21-,23?/m0/s1. The number of hydrogen-bond acceptors (Lipinski definition) is 5. The summed E-state index contributed by atoms with van der Waals surface area (Å²) < 4.78 is 18.5. The largest absolute Gasteiger partial charge is 0.491 e. The van der Waals surface area contributed by atoms with Gasteiger partial charge in [0.15, 0.2) is 6.10 Å². The van der Waals surface area contributed by atoms with Gasteiger partial charge in [-0.15, -0.1) is 0 Å². The molecule has 0 fully saturated rings. The van der Waals surface area contributed by atoms with Crippen molar-refractivity contribution in [3.63, 3.8) is 0 Å². The Morgan fingerprint density at radius 2 is 1.66 bits per heavy atom. The molecule has 8 heteroatoms. The van der Waals surface area contributed by atoms with E-state index in [1.165, 1.54) is 7.11 Å². The second kappa shape index (κ2) is 12.7. The van der Waals surface area contributed by atoms with Gasteiger partial charge in [0.25, 0.3) is 5.91 Å². The van der Waals surface area contributed by atoms with Crippen LogP contribution >= 0.6 is 11.6 Å². The number of nitrogens with zero attached hydrogens (tertiary/aromatic N) is 1. The number of methoxy groups -OCH3 is 1. The van der Waals surface area contributed by atoms with E-state index in [9.17, 15) is 9.59 Å². The number of hydrogen-bond donors (Lipinski definition) is 1. The van der Waals surface area contributed by atoms with E-state index >= 15 is 0 Å². The third-order valence-corrected chi connectivity index (χ3v) is 7.54. The molecular formula is C33H37ClN2O5. The lowest BCUT2D eigenvalue weighted by Crippen LogP contribution is -2.26. The van der Waals surface area contributed by atoms with E-state index < -0.39 is 12.1 Å². The molecule has 1 amide bonds. The molecule has 1 unspecified atom stereocenters. The molecule has 3 aromatic carbocycles. The fourth-order valence-electron chi connectivity index (χ4n) is 4.82. The Kier molecular flexibility index (Phi) is 9.28. The van der Waals surface area contributed by atoms with Gasteiger partial charge in [-0.2, -0.15) is 0 Å². The Bertz CT molecular complexity index is 1580. The minimum absolute atomic E-state index is 0.0736. The highest BCUT2D eigenvalue weighted by Gasteiger charge is 2.19. The number of carbonyl (C=O) groups excluding carboxylic acids is 2. The van der Waals surface area contributed by atoms with E-state index in [0.717, 1.165) is 39.0 Å². The van der Waals surface area contributed by atoms with Gasteiger partial charge in [0.1, 0.15) is 11.5 Å². The van der Waals surface area contributed by atoms with Gasteiger partial charge in [-0.3, -0.25) is 4.79 Å². The second-order valence-electron chi connectivity index (χ2n) is 10.5. The lowest BCUT2D eigenvalue weighted by atomic mass is 10.1. The molecule has 41 heavy (non-hydrogen) atoms. The topological polar surface area (TPSA) is 78.8 Å². The number of amides is 1. The molecule has 0 aliphatic heterocycles. The van der Waals surface area contributed by atoms with E-state index in [4.69, 9.17) is 25.8 Å². The maximum absolute atomic E-state index is 13.3. The van der Waals surface area contributed by atoms with Crippen LogP contribution in [0.2, 0.25) is 5.02 Å². The minimum atomic E-state index is -0.741. The predicted molar refractivity (Wildman–Crippen MR) is 162 cm³/mol. The van der Waals surface area contributed by atoms with E-state index in [1.54, 1.807) is 19.1 Å². The van der Waals surface area contributed by atoms with Gasteiger partial charge in [0.05, 0.1) is 19.3 Å². The molecular weight excluding hydrogens is 540 g/mol. The van der Waals surface area contributed by atoms with Crippen molar-refractivity contribution in [3.05, 3.63) is 93.6 Å². The van der Waals surface area contributed by atoms with Gasteiger partial charge in [-0.1, -0.05) is 23.7 Å². The molecule has 2 atom stereocenters. The Labute approximate surface area is 246 Å². The summed E-state index contributed by atoms with van der Waals surface area (Å²) in [5.74, 6) is 0.712. The average molecular weight is 577 g/mol. The Balaban J connectivity index is 1.56. The highest BCUT2D eigenvalue weighted by atomic mass is 35.5. The van der Waals surface area contributed by atoms with Crippen LogP contribution in [-0.2, 0) is 16.1 Å². The van der Waals surface area contributed by atoms with Crippen LogP contribution < -0.4 is 14.8 Å². The Hall–Kier alpha value is -3.97. The van der Waals surface area contributed by atoms with Gasteiger partial charge >= 0.3 is 5.97 Å². The molecule has 216 valence electrons. The number of nitrogens with one attached hydrogen (secondary N) is 1. The van der Waals surface area contributed by atoms with Crippen molar-refractivity contribution in [2.45, 2.75) is 66.3 Å². The first kappa shape index (κ1) is 30.0. The average Bonchev–Trinajstić information content (AvgIpc) is 3.18. The van der Waals surface area contributed by atoms with Crippen molar-refractivity contribution in [2.75, 3.05) is 7.11 Å². The van der Waals surface area contributed by atoms with Crippen LogP contribution in [0.5, 0.6) is 11.5 Å². The molecule has 7 nitrogen and oxygen atoms in total. The molecule has 0 bridgehead atoms. The van der Waals surface area contributed by atoms with Gasteiger partial charge in [0, 0.05) is 33.7 Å². The lowest BCUT2D eigenvalue weighted by molar-refractivity contribution is -0.147. The van der Waals surface area contributed by atoms with Crippen LogP contribution in [0.25, 0.3) is 10.9 Å². The van der Waals surface area contributed by atoms with Crippen molar-refractivity contribution in [2.24, 2.45) is 0 Å². The molecule has 4 rings (SSSR count). The highest BCUT2D eigenvalue weighted by molar-refractivity contribution is 6.31. The summed E-state index contributed by atoms with van der Waals surface area (Å²) in [6, 6.07) is 18.7. The van der Waals surface area contributed by atoms with Crippen LogP contribution in [0.15, 0.2) is 60.7 Å². The minimum Gasteiger partial charge on any atom is -0.491 e. The number of esters is 1. The number of carbonyl (C=O) groups is 2. The zero-order chi connectivity index (χ0) is 29.8. The number of halogens is 1. The highest BCUT2D eigenvalue weighted by Crippen LogP contribution is 2.30. The number of aryl methyl sites for hydroxylation is 1. The number of ether oxygens (including phenoxy) is 3. The normalized spacial score (nSPS) is 12.7. The number of aromatic nitrogens is 1. The zero-order valence-electron chi connectivity index (χ0n) is 24.6. The summed E-state index contributed by atoms with van der Waals surface area (Å²) in [7, 11) is 1.33.